The summed E-state index contributed by atoms with van der Waals surface area (Å²) in [5.74, 6) is 5.71. The summed E-state index contributed by atoms with van der Waals surface area (Å²) >= 11 is 0. The Balaban J connectivity index is 2.21. The summed E-state index contributed by atoms with van der Waals surface area (Å²) in [4.78, 5) is 0. The van der Waals surface area contributed by atoms with Crippen LogP contribution >= 0.6 is 0 Å². The van der Waals surface area contributed by atoms with E-state index >= 15 is 0 Å². The first kappa shape index (κ1) is 12.5. The van der Waals surface area contributed by atoms with E-state index < -0.39 is 0 Å². The molecule has 0 bridgehead atoms. The van der Waals surface area contributed by atoms with Crippen LogP contribution in [0.25, 0.3) is 0 Å². The third-order valence-electron chi connectivity index (χ3n) is 3.48. The van der Waals surface area contributed by atoms with Gasteiger partial charge in [-0.05, 0) is 30.5 Å². The Hall–Kier alpha value is -0.970. The number of hydrazine groups is 1. The molecular formula is C13H19FN2O. The summed E-state index contributed by atoms with van der Waals surface area (Å²) in [5.41, 5.74) is 3.70. The Morgan fingerprint density at radius 3 is 3.06 bits per heavy atom. The minimum Gasteiger partial charge on any atom is -0.378 e. The molecule has 3 unspecified atom stereocenters. The fourth-order valence-corrected chi connectivity index (χ4v) is 2.63. The summed E-state index contributed by atoms with van der Waals surface area (Å²) in [7, 11) is 0. The van der Waals surface area contributed by atoms with Crippen molar-refractivity contribution in [1.29, 1.82) is 0 Å². The number of halogens is 1. The molecule has 0 amide bonds. The second kappa shape index (κ2) is 5.58. The van der Waals surface area contributed by atoms with Crippen molar-refractivity contribution in [2.24, 2.45) is 11.8 Å². The summed E-state index contributed by atoms with van der Waals surface area (Å²) in [6.07, 6.45) is 2.13. The first-order valence-corrected chi connectivity index (χ1v) is 6.09. The zero-order chi connectivity index (χ0) is 12.3. The van der Waals surface area contributed by atoms with Gasteiger partial charge in [-0.1, -0.05) is 19.1 Å². The van der Waals surface area contributed by atoms with Crippen molar-refractivity contribution in [3.8, 4) is 0 Å². The molecule has 0 saturated carbocycles. The predicted octanol–water partition coefficient (Wildman–Crippen LogP) is 2.15. The van der Waals surface area contributed by atoms with E-state index in [9.17, 15) is 4.39 Å². The molecule has 1 aromatic carbocycles. The number of ether oxygens (including phenoxy) is 1. The Bertz CT molecular complexity index is 372. The lowest BCUT2D eigenvalue weighted by atomic mass is 9.87. The molecule has 94 valence electrons. The lowest BCUT2D eigenvalue weighted by Gasteiger charge is -2.26. The highest BCUT2D eigenvalue weighted by Crippen LogP contribution is 2.34. The quantitative estimate of drug-likeness (QED) is 0.624. The molecule has 1 aromatic rings. The zero-order valence-corrected chi connectivity index (χ0v) is 10.0. The largest absolute Gasteiger partial charge is 0.378 e. The van der Waals surface area contributed by atoms with Gasteiger partial charge in [0.15, 0.2) is 0 Å². The van der Waals surface area contributed by atoms with Crippen molar-refractivity contribution in [2.45, 2.75) is 31.9 Å². The van der Waals surface area contributed by atoms with Crippen LogP contribution in [0, 0.1) is 11.7 Å². The number of hydrogen-bond donors (Lipinski definition) is 2. The molecule has 2 rings (SSSR count). The minimum absolute atomic E-state index is 0.0434. The Morgan fingerprint density at radius 1 is 1.59 bits per heavy atom. The molecule has 4 heteroatoms. The molecule has 0 radical (unpaired) electrons. The smallest absolute Gasteiger partial charge is 0.123 e. The van der Waals surface area contributed by atoms with Gasteiger partial charge in [-0.25, -0.2) is 4.39 Å². The van der Waals surface area contributed by atoms with E-state index in [0.717, 1.165) is 25.0 Å². The van der Waals surface area contributed by atoms with Gasteiger partial charge in [-0.2, -0.15) is 0 Å². The number of nitrogens with two attached hydrogens (primary N) is 1. The fraction of sp³-hybridized carbons (Fsp3) is 0.538. The minimum atomic E-state index is -0.227. The maximum absolute atomic E-state index is 13.2. The molecular weight excluding hydrogens is 219 g/mol. The van der Waals surface area contributed by atoms with Gasteiger partial charge >= 0.3 is 0 Å². The summed E-state index contributed by atoms with van der Waals surface area (Å²) in [6.45, 7) is 2.86. The monoisotopic (exact) mass is 238 g/mol. The molecule has 1 fully saturated rings. The summed E-state index contributed by atoms with van der Waals surface area (Å²) < 4.78 is 18.9. The van der Waals surface area contributed by atoms with Gasteiger partial charge in [0.25, 0.3) is 0 Å². The van der Waals surface area contributed by atoms with Crippen molar-refractivity contribution in [3.05, 3.63) is 35.6 Å². The van der Waals surface area contributed by atoms with Gasteiger partial charge in [0.05, 0.1) is 12.1 Å². The van der Waals surface area contributed by atoms with Crippen LogP contribution in [0.4, 0.5) is 4.39 Å². The zero-order valence-electron chi connectivity index (χ0n) is 10.0. The van der Waals surface area contributed by atoms with Gasteiger partial charge in [0.1, 0.15) is 5.82 Å². The molecule has 1 aliphatic rings. The molecule has 1 aliphatic heterocycles. The maximum Gasteiger partial charge on any atom is 0.123 e. The average molecular weight is 238 g/mol. The van der Waals surface area contributed by atoms with Crippen LogP contribution in [0.3, 0.4) is 0 Å². The van der Waals surface area contributed by atoms with Gasteiger partial charge in [0.2, 0.25) is 0 Å². The third kappa shape index (κ3) is 2.65. The first-order chi connectivity index (χ1) is 8.26. The summed E-state index contributed by atoms with van der Waals surface area (Å²) in [6, 6.07) is 6.55. The maximum atomic E-state index is 13.2. The molecule has 3 atom stereocenters. The van der Waals surface area contributed by atoms with Crippen molar-refractivity contribution >= 4 is 0 Å². The normalized spacial score (nSPS) is 26.1. The SMILES string of the molecule is CCC1OCCC1C(NN)c1cccc(F)c1. The van der Waals surface area contributed by atoms with E-state index in [2.05, 4.69) is 12.3 Å². The fourth-order valence-electron chi connectivity index (χ4n) is 2.63. The summed E-state index contributed by atoms with van der Waals surface area (Å²) in [5, 5.41) is 0. The van der Waals surface area contributed by atoms with Gasteiger partial charge in [-0.3, -0.25) is 11.3 Å². The highest BCUT2D eigenvalue weighted by atomic mass is 19.1. The molecule has 3 N–H and O–H groups in total. The molecule has 0 aromatic heterocycles. The lowest BCUT2D eigenvalue weighted by molar-refractivity contribution is 0.0773. The molecule has 17 heavy (non-hydrogen) atoms. The number of rotatable bonds is 4. The van der Waals surface area contributed by atoms with Gasteiger partial charge in [0, 0.05) is 12.5 Å². The molecule has 3 nitrogen and oxygen atoms in total. The lowest BCUT2D eigenvalue weighted by Crippen LogP contribution is -2.36. The van der Waals surface area contributed by atoms with E-state index in [4.69, 9.17) is 10.6 Å². The van der Waals surface area contributed by atoms with E-state index in [-0.39, 0.29) is 18.0 Å². The molecule has 0 aliphatic carbocycles. The van der Waals surface area contributed by atoms with Crippen molar-refractivity contribution in [1.82, 2.24) is 5.43 Å². The Kier molecular flexibility index (Phi) is 4.10. The van der Waals surface area contributed by atoms with Crippen molar-refractivity contribution in [2.75, 3.05) is 6.61 Å². The van der Waals surface area contributed by atoms with Gasteiger partial charge in [-0.15, -0.1) is 0 Å². The highest BCUT2D eigenvalue weighted by Gasteiger charge is 2.34. The van der Waals surface area contributed by atoms with Crippen LogP contribution in [-0.4, -0.2) is 12.7 Å². The molecule has 1 saturated heterocycles. The van der Waals surface area contributed by atoms with E-state index in [1.807, 2.05) is 6.07 Å². The second-order valence-electron chi connectivity index (χ2n) is 4.47. The van der Waals surface area contributed by atoms with Crippen LogP contribution in [0.1, 0.15) is 31.4 Å². The highest BCUT2D eigenvalue weighted by molar-refractivity contribution is 5.21. The Morgan fingerprint density at radius 2 is 2.41 bits per heavy atom. The standard InChI is InChI=1S/C13H19FN2O/c1-2-12-11(6-7-17-12)13(16-15)9-4-3-5-10(14)8-9/h3-5,8,11-13,16H,2,6-7,15H2,1H3. The third-order valence-corrected chi connectivity index (χ3v) is 3.48. The van der Waals surface area contributed by atoms with Gasteiger partial charge < -0.3 is 4.74 Å². The van der Waals surface area contributed by atoms with E-state index in [1.165, 1.54) is 12.1 Å². The van der Waals surface area contributed by atoms with Crippen molar-refractivity contribution < 1.29 is 9.13 Å². The number of benzene rings is 1. The van der Waals surface area contributed by atoms with Crippen LogP contribution < -0.4 is 11.3 Å². The topological polar surface area (TPSA) is 47.3 Å². The van der Waals surface area contributed by atoms with Crippen LogP contribution in [0.2, 0.25) is 0 Å². The van der Waals surface area contributed by atoms with E-state index in [1.54, 1.807) is 6.07 Å². The number of hydrogen-bond acceptors (Lipinski definition) is 3. The van der Waals surface area contributed by atoms with Crippen LogP contribution in [-0.2, 0) is 4.74 Å². The first-order valence-electron chi connectivity index (χ1n) is 6.09. The number of nitrogens with one attached hydrogen (secondary N) is 1. The van der Waals surface area contributed by atoms with E-state index in [0.29, 0.717) is 5.92 Å². The molecule has 1 heterocycles. The average Bonchev–Trinajstić information content (AvgIpc) is 2.78. The predicted molar refractivity (Wildman–Crippen MR) is 64.6 cm³/mol. The van der Waals surface area contributed by atoms with Crippen LogP contribution in [0.5, 0.6) is 0 Å². The van der Waals surface area contributed by atoms with Crippen LogP contribution in [0.15, 0.2) is 24.3 Å². The Labute approximate surface area is 101 Å². The molecule has 0 spiro atoms. The van der Waals surface area contributed by atoms with Crippen molar-refractivity contribution in [3.63, 3.8) is 0 Å². The second-order valence-corrected chi connectivity index (χ2v) is 4.47.